The van der Waals surface area contributed by atoms with Gasteiger partial charge in [0.2, 0.25) is 0 Å². The lowest BCUT2D eigenvalue weighted by atomic mass is 10.1. The SMILES string of the molecule is Cc1ccc2nc(COC(=O)c3cc4ccccc4cc3O)cc(=O)n2c1. The summed E-state index contributed by atoms with van der Waals surface area (Å²) in [5, 5.41) is 11.8. The van der Waals surface area contributed by atoms with E-state index in [2.05, 4.69) is 4.98 Å². The molecule has 6 heteroatoms. The molecule has 0 radical (unpaired) electrons. The molecule has 0 aliphatic heterocycles. The van der Waals surface area contributed by atoms with Gasteiger partial charge in [-0.15, -0.1) is 0 Å². The van der Waals surface area contributed by atoms with Gasteiger partial charge in [-0.25, -0.2) is 9.78 Å². The number of rotatable bonds is 3. The highest BCUT2D eigenvalue weighted by atomic mass is 16.5. The van der Waals surface area contributed by atoms with Gasteiger partial charge < -0.3 is 9.84 Å². The highest BCUT2D eigenvalue weighted by Crippen LogP contribution is 2.25. The Morgan fingerprint density at radius 3 is 2.63 bits per heavy atom. The molecule has 0 saturated carbocycles. The molecule has 0 aliphatic carbocycles. The van der Waals surface area contributed by atoms with Crippen molar-refractivity contribution in [3.63, 3.8) is 0 Å². The number of phenols is 1. The fourth-order valence-corrected chi connectivity index (χ4v) is 2.94. The maximum atomic E-state index is 12.4. The maximum absolute atomic E-state index is 12.4. The summed E-state index contributed by atoms with van der Waals surface area (Å²) < 4.78 is 6.70. The van der Waals surface area contributed by atoms with Gasteiger partial charge in [0.05, 0.1) is 5.69 Å². The minimum Gasteiger partial charge on any atom is -0.507 e. The van der Waals surface area contributed by atoms with Crippen LogP contribution in [0.25, 0.3) is 16.4 Å². The Morgan fingerprint density at radius 1 is 1.11 bits per heavy atom. The van der Waals surface area contributed by atoms with E-state index in [4.69, 9.17) is 4.74 Å². The Bertz CT molecular complexity index is 1240. The molecule has 6 nitrogen and oxygen atoms in total. The third-order valence-corrected chi connectivity index (χ3v) is 4.30. The smallest absolute Gasteiger partial charge is 0.342 e. The molecule has 27 heavy (non-hydrogen) atoms. The van der Waals surface area contributed by atoms with E-state index in [-0.39, 0.29) is 23.5 Å². The monoisotopic (exact) mass is 360 g/mol. The highest BCUT2D eigenvalue weighted by molar-refractivity contribution is 5.98. The normalized spacial score (nSPS) is 11.0. The lowest BCUT2D eigenvalue weighted by Crippen LogP contribution is -2.17. The van der Waals surface area contributed by atoms with Crippen molar-refractivity contribution in [2.24, 2.45) is 0 Å². The van der Waals surface area contributed by atoms with Crippen LogP contribution < -0.4 is 5.56 Å². The number of aryl methyl sites for hydroxylation is 1. The molecule has 4 rings (SSSR count). The fourth-order valence-electron chi connectivity index (χ4n) is 2.94. The first-order chi connectivity index (χ1) is 13.0. The number of fused-ring (bicyclic) bond motifs is 2. The number of esters is 1. The average Bonchev–Trinajstić information content (AvgIpc) is 2.66. The van der Waals surface area contributed by atoms with Crippen molar-refractivity contribution in [1.82, 2.24) is 9.38 Å². The summed E-state index contributed by atoms with van der Waals surface area (Å²) in [6, 6.07) is 15.4. The van der Waals surface area contributed by atoms with Gasteiger partial charge in [-0.1, -0.05) is 30.3 Å². The Balaban J connectivity index is 1.59. The summed E-state index contributed by atoms with van der Waals surface area (Å²) in [5.74, 6) is -0.829. The van der Waals surface area contributed by atoms with Crippen LogP contribution in [-0.2, 0) is 11.3 Å². The molecule has 0 bridgehead atoms. The van der Waals surface area contributed by atoms with Crippen LogP contribution in [0.1, 0.15) is 21.6 Å². The van der Waals surface area contributed by atoms with Gasteiger partial charge in [0.1, 0.15) is 23.6 Å². The minimum atomic E-state index is -0.677. The third kappa shape index (κ3) is 3.25. The lowest BCUT2D eigenvalue weighted by Gasteiger charge is -2.08. The zero-order valence-electron chi connectivity index (χ0n) is 14.5. The molecule has 2 heterocycles. The summed E-state index contributed by atoms with van der Waals surface area (Å²) in [7, 11) is 0. The van der Waals surface area contributed by atoms with E-state index in [0.717, 1.165) is 16.3 Å². The number of ether oxygens (including phenoxy) is 1. The van der Waals surface area contributed by atoms with Crippen LogP contribution >= 0.6 is 0 Å². The molecule has 2 aromatic heterocycles. The Hall–Kier alpha value is -3.67. The number of phenolic OH excluding ortho intramolecular Hbond substituents is 1. The second-order valence-corrected chi connectivity index (χ2v) is 6.31. The van der Waals surface area contributed by atoms with Gasteiger partial charge in [0.25, 0.3) is 5.56 Å². The first-order valence-electron chi connectivity index (χ1n) is 8.39. The van der Waals surface area contributed by atoms with Crippen molar-refractivity contribution in [3.8, 4) is 5.75 Å². The second kappa shape index (κ2) is 6.57. The Morgan fingerprint density at radius 2 is 1.85 bits per heavy atom. The van der Waals surface area contributed by atoms with Gasteiger partial charge in [0.15, 0.2) is 0 Å². The van der Waals surface area contributed by atoms with Crippen LogP contribution in [0.3, 0.4) is 0 Å². The van der Waals surface area contributed by atoms with Gasteiger partial charge in [-0.2, -0.15) is 0 Å². The quantitative estimate of drug-likeness (QED) is 0.568. The van der Waals surface area contributed by atoms with E-state index in [1.807, 2.05) is 37.3 Å². The number of carbonyl (C=O) groups excluding carboxylic acids is 1. The van der Waals surface area contributed by atoms with Crippen molar-refractivity contribution in [3.05, 3.63) is 88.0 Å². The van der Waals surface area contributed by atoms with Gasteiger partial charge in [0, 0.05) is 12.3 Å². The van der Waals surface area contributed by atoms with Crippen LogP contribution in [0.2, 0.25) is 0 Å². The molecule has 1 N–H and O–H groups in total. The molecule has 0 saturated heterocycles. The first kappa shape index (κ1) is 16.8. The van der Waals surface area contributed by atoms with E-state index in [1.165, 1.54) is 16.5 Å². The van der Waals surface area contributed by atoms with Gasteiger partial charge in [-0.3, -0.25) is 9.20 Å². The Kier molecular flexibility index (Phi) is 4.08. The molecule has 4 aromatic rings. The van der Waals surface area contributed by atoms with E-state index in [1.54, 1.807) is 18.3 Å². The van der Waals surface area contributed by atoms with E-state index in [9.17, 15) is 14.7 Å². The molecular weight excluding hydrogens is 344 g/mol. The minimum absolute atomic E-state index is 0.0711. The number of hydrogen-bond donors (Lipinski definition) is 1. The standard InChI is InChI=1S/C21H16N2O4/c1-13-6-7-19-22-16(10-20(25)23(19)11-13)12-27-21(26)17-8-14-4-2-3-5-15(14)9-18(17)24/h2-11,24H,12H2,1H3. The molecule has 0 fully saturated rings. The molecule has 0 spiro atoms. The topological polar surface area (TPSA) is 80.9 Å². The van der Waals surface area contributed by atoms with Crippen molar-refractivity contribution in [2.45, 2.75) is 13.5 Å². The number of hydrogen-bond acceptors (Lipinski definition) is 5. The van der Waals surface area contributed by atoms with Crippen LogP contribution in [0, 0.1) is 6.92 Å². The van der Waals surface area contributed by atoms with Crippen LogP contribution in [0.15, 0.2) is 65.6 Å². The number of carbonyl (C=O) groups is 1. The summed E-state index contributed by atoms with van der Waals surface area (Å²) in [6.07, 6.45) is 1.70. The summed E-state index contributed by atoms with van der Waals surface area (Å²) in [5.41, 5.74) is 1.59. The molecule has 0 unspecified atom stereocenters. The van der Waals surface area contributed by atoms with Crippen molar-refractivity contribution in [2.75, 3.05) is 0 Å². The predicted octanol–water partition coefficient (Wildman–Crippen LogP) is 3.22. The first-order valence-corrected chi connectivity index (χ1v) is 8.39. The molecule has 0 amide bonds. The second-order valence-electron chi connectivity index (χ2n) is 6.31. The molecule has 0 aliphatic rings. The zero-order chi connectivity index (χ0) is 19.0. The van der Waals surface area contributed by atoms with Crippen LogP contribution in [0.4, 0.5) is 0 Å². The lowest BCUT2D eigenvalue weighted by molar-refractivity contribution is 0.0464. The maximum Gasteiger partial charge on any atom is 0.342 e. The highest BCUT2D eigenvalue weighted by Gasteiger charge is 2.15. The van der Waals surface area contributed by atoms with Gasteiger partial charge >= 0.3 is 5.97 Å². The number of benzene rings is 2. The average molecular weight is 360 g/mol. The number of pyridine rings is 1. The summed E-state index contributed by atoms with van der Waals surface area (Å²) in [4.78, 5) is 28.9. The van der Waals surface area contributed by atoms with Crippen molar-refractivity contribution < 1.29 is 14.6 Å². The molecule has 2 aromatic carbocycles. The van der Waals surface area contributed by atoms with E-state index in [0.29, 0.717) is 11.3 Å². The number of aromatic nitrogens is 2. The molecule has 134 valence electrons. The van der Waals surface area contributed by atoms with Crippen LogP contribution in [-0.4, -0.2) is 20.5 Å². The summed E-state index contributed by atoms with van der Waals surface area (Å²) in [6.45, 7) is 1.72. The fraction of sp³-hybridized carbons (Fsp3) is 0.0952. The largest absolute Gasteiger partial charge is 0.507 e. The molecule has 0 atom stereocenters. The number of nitrogens with zero attached hydrogens (tertiary/aromatic N) is 2. The summed E-state index contributed by atoms with van der Waals surface area (Å²) >= 11 is 0. The van der Waals surface area contributed by atoms with Crippen LogP contribution in [0.5, 0.6) is 5.75 Å². The van der Waals surface area contributed by atoms with Crippen molar-refractivity contribution >= 4 is 22.4 Å². The zero-order valence-corrected chi connectivity index (χ0v) is 14.5. The van der Waals surface area contributed by atoms with E-state index >= 15 is 0 Å². The number of aromatic hydroxyl groups is 1. The van der Waals surface area contributed by atoms with Gasteiger partial charge in [-0.05, 0) is 41.5 Å². The van der Waals surface area contributed by atoms with E-state index < -0.39 is 5.97 Å². The molecular formula is C21H16N2O4. The predicted molar refractivity (Wildman–Crippen MR) is 101 cm³/mol. The third-order valence-electron chi connectivity index (χ3n) is 4.30. The van der Waals surface area contributed by atoms with Crippen molar-refractivity contribution in [1.29, 1.82) is 0 Å². The Labute approximate surface area is 154 Å².